The molecule has 0 bridgehead atoms. The normalized spacial score (nSPS) is 16.8. The average molecular weight is 515 g/mol. The quantitative estimate of drug-likeness (QED) is 0.0418. The fraction of sp³-hybridized carbons (Fsp3) is 0.333. The van der Waals surface area contributed by atoms with E-state index < -0.39 is 11.4 Å². The van der Waals surface area contributed by atoms with Crippen LogP contribution >= 0.6 is 25.7 Å². The van der Waals surface area contributed by atoms with E-state index in [1.807, 2.05) is 0 Å². The van der Waals surface area contributed by atoms with E-state index in [1.165, 1.54) is 0 Å². The summed E-state index contributed by atoms with van der Waals surface area (Å²) in [4.78, 5) is 4.64. The summed E-state index contributed by atoms with van der Waals surface area (Å²) in [7, 11) is 1.71. The van der Waals surface area contributed by atoms with E-state index in [0.29, 0.717) is 34.1 Å². The number of hydrogen-bond acceptors (Lipinski definition) is 12. The molecule has 33 heavy (non-hydrogen) atoms. The molecule has 2 heterocycles. The lowest BCUT2D eigenvalue weighted by Gasteiger charge is -2.25. The van der Waals surface area contributed by atoms with Gasteiger partial charge in [-0.3, -0.25) is 4.31 Å². The zero-order valence-electron chi connectivity index (χ0n) is 18.1. The molecule has 3 rings (SSSR count). The summed E-state index contributed by atoms with van der Waals surface area (Å²) < 4.78 is 22.7. The number of hydrogen-bond donors (Lipinski definition) is 7. The van der Waals surface area contributed by atoms with E-state index in [9.17, 15) is 4.55 Å². The highest BCUT2D eigenvalue weighted by Crippen LogP contribution is 2.38. The minimum atomic E-state index is -1.55. The molecule has 12 nitrogen and oxygen atoms in total. The van der Waals surface area contributed by atoms with Crippen molar-refractivity contribution in [3.8, 4) is 11.1 Å². The van der Waals surface area contributed by atoms with Crippen LogP contribution in [0.25, 0.3) is 11.1 Å². The molecule has 0 amide bonds. The molecule has 11 N–H and O–H groups in total. The van der Waals surface area contributed by atoms with Crippen LogP contribution in [0.2, 0.25) is 0 Å². The number of hydrazone groups is 1. The van der Waals surface area contributed by atoms with Crippen LogP contribution in [-0.2, 0) is 15.6 Å². The fourth-order valence-corrected chi connectivity index (χ4v) is 5.08. The van der Waals surface area contributed by atoms with Gasteiger partial charge in [-0.05, 0) is 49.2 Å². The standard InChI is InChI=1S/C18H28N10O2S2.H2S/c1-28(31-30-22)17-14(32(29)25-10-12-3-2-8-23-12)6-5-13(16(17)18(20)26-27-21)11-4-7-15(19)24-9-11;/h4-7,9,12,23,25,27H,2-3,8,10,21-22H2,1H3,(H2,19,24)(H2,20,26);1H2. The Morgan fingerprint density at radius 2 is 2.21 bits per heavy atom. The Kier molecular flexibility index (Phi) is 10.8. The number of pyridine rings is 1. The van der Waals surface area contributed by atoms with Crippen LogP contribution < -0.4 is 43.1 Å². The highest BCUT2D eigenvalue weighted by atomic mass is 32.2. The molecule has 1 aromatic heterocycles. The maximum absolute atomic E-state index is 13.3. The number of anilines is 2. The Labute approximate surface area is 207 Å². The van der Waals surface area contributed by atoms with Crippen LogP contribution in [0.3, 0.4) is 0 Å². The highest BCUT2D eigenvalue weighted by molar-refractivity contribution is 7.96. The van der Waals surface area contributed by atoms with Gasteiger partial charge in [0.1, 0.15) is 23.7 Å². The summed E-state index contributed by atoms with van der Waals surface area (Å²) in [5.74, 6) is 11.1. The van der Waals surface area contributed by atoms with Gasteiger partial charge in [0.15, 0.2) is 10.7 Å². The molecule has 2 unspecified atom stereocenters. The fourth-order valence-electron chi connectivity index (χ4n) is 3.51. The largest absolute Gasteiger partial charge is 0.593 e. The van der Waals surface area contributed by atoms with Crippen molar-refractivity contribution in [3.63, 3.8) is 0 Å². The number of rotatable bonds is 10. The molecule has 0 aliphatic carbocycles. The lowest BCUT2D eigenvalue weighted by Crippen LogP contribution is -2.37. The first-order valence-corrected chi connectivity index (χ1v) is 11.6. The summed E-state index contributed by atoms with van der Waals surface area (Å²) in [6.45, 7) is 1.52. The van der Waals surface area contributed by atoms with Crippen molar-refractivity contribution in [2.75, 3.05) is 30.2 Å². The smallest absolute Gasteiger partial charge is 0.198 e. The molecular formula is C18H30N10O2S3. The second-order valence-electron chi connectivity index (χ2n) is 7.01. The monoisotopic (exact) mass is 514 g/mol. The predicted octanol–water partition coefficient (Wildman–Crippen LogP) is -0.219. The number of aromatic nitrogens is 1. The van der Waals surface area contributed by atoms with E-state index in [2.05, 4.69) is 25.7 Å². The average Bonchev–Trinajstić information content (AvgIpc) is 3.31. The second kappa shape index (κ2) is 13.1. The van der Waals surface area contributed by atoms with Crippen LogP contribution in [0.4, 0.5) is 11.5 Å². The molecule has 1 aromatic carbocycles. The Morgan fingerprint density at radius 1 is 1.42 bits per heavy atom. The number of nitrogen functional groups attached to an aromatic ring is 1. The van der Waals surface area contributed by atoms with E-state index >= 15 is 0 Å². The third-order valence-corrected chi connectivity index (χ3v) is 6.62. The Hall–Kier alpha value is -1.95. The number of hydrazine groups is 1. The topological polar surface area (TPSA) is 201 Å². The van der Waals surface area contributed by atoms with Gasteiger partial charge >= 0.3 is 0 Å². The summed E-state index contributed by atoms with van der Waals surface area (Å²) in [6.07, 6.45) is 3.75. The van der Waals surface area contributed by atoms with Crippen molar-refractivity contribution < 1.29 is 8.84 Å². The lowest BCUT2D eigenvalue weighted by molar-refractivity contribution is 0.397. The molecule has 182 valence electrons. The maximum atomic E-state index is 13.3. The van der Waals surface area contributed by atoms with E-state index in [4.69, 9.17) is 27.5 Å². The molecule has 1 fully saturated rings. The van der Waals surface area contributed by atoms with E-state index in [0.717, 1.165) is 37.2 Å². The predicted molar refractivity (Wildman–Crippen MR) is 139 cm³/mol. The molecule has 0 spiro atoms. The zero-order valence-corrected chi connectivity index (χ0v) is 20.7. The van der Waals surface area contributed by atoms with Crippen molar-refractivity contribution in [2.24, 2.45) is 22.6 Å². The van der Waals surface area contributed by atoms with Crippen LogP contribution in [0.5, 0.6) is 0 Å². The van der Waals surface area contributed by atoms with Crippen LogP contribution in [0.1, 0.15) is 18.4 Å². The maximum Gasteiger partial charge on any atom is 0.198 e. The van der Waals surface area contributed by atoms with Crippen LogP contribution in [0.15, 0.2) is 40.5 Å². The van der Waals surface area contributed by atoms with Crippen molar-refractivity contribution >= 4 is 54.4 Å². The molecule has 0 saturated carbocycles. The van der Waals surface area contributed by atoms with Crippen molar-refractivity contribution in [2.45, 2.75) is 23.8 Å². The third-order valence-electron chi connectivity index (χ3n) is 4.97. The molecule has 1 saturated heterocycles. The lowest BCUT2D eigenvalue weighted by atomic mass is 9.98. The van der Waals surface area contributed by atoms with Gasteiger partial charge in [-0.2, -0.15) is 13.5 Å². The highest BCUT2D eigenvalue weighted by Gasteiger charge is 2.29. The van der Waals surface area contributed by atoms with Crippen molar-refractivity contribution in [1.82, 2.24) is 20.6 Å². The number of benzene rings is 1. The first-order valence-electron chi connectivity index (χ1n) is 9.80. The minimum absolute atomic E-state index is 0. The zero-order chi connectivity index (χ0) is 23.1. The van der Waals surface area contributed by atoms with Crippen LogP contribution in [0, 0.1) is 0 Å². The molecule has 2 aromatic rings. The van der Waals surface area contributed by atoms with Gasteiger partial charge in [-0.25, -0.2) is 26.5 Å². The Morgan fingerprint density at radius 3 is 2.82 bits per heavy atom. The first-order chi connectivity index (χ1) is 15.5. The van der Waals surface area contributed by atoms with E-state index in [1.54, 1.807) is 41.8 Å². The molecule has 1 aliphatic rings. The molecule has 1 aliphatic heterocycles. The van der Waals surface area contributed by atoms with Gasteiger partial charge in [-0.1, -0.05) is 0 Å². The minimum Gasteiger partial charge on any atom is -0.593 e. The van der Waals surface area contributed by atoms with Crippen LogP contribution in [-0.4, -0.2) is 41.6 Å². The number of nitrogens with zero attached hydrogens (tertiary/aromatic N) is 3. The van der Waals surface area contributed by atoms with Gasteiger partial charge in [0.25, 0.3) is 0 Å². The Bertz CT molecular complexity index is 928. The molecule has 2 atom stereocenters. The molecule has 15 heteroatoms. The molecular weight excluding hydrogens is 484 g/mol. The third kappa shape index (κ3) is 6.78. The first kappa shape index (κ1) is 27.3. The Balaban J connectivity index is 0.00000385. The number of amidine groups is 1. The van der Waals surface area contributed by atoms with Crippen molar-refractivity contribution in [1.29, 1.82) is 0 Å². The second-order valence-corrected chi connectivity index (χ2v) is 9.17. The van der Waals surface area contributed by atoms with Gasteiger partial charge in [0, 0.05) is 24.8 Å². The summed E-state index contributed by atoms with van der Waals surface area (Å²) in [5, 5.41) is 7.33. The summed E-state index contributed by atoms with van der Waals surface area (Å²) in [5.41, 5.74) is 16.6. The van der Waals surface area contributed by atoms with E-state index in [-0.39, 0.29) is 25.4 Å². The molecule has 0 radical (unpaired) electrons. The summed E-state index contributed by atoms with van der Waals surface area (Å²) >= 11 is -0.699. The number of nitrogens with two attached hydrogens (primary N) is 4. The van der Waals surface area contributed by atoms with Gasteiger partial charge in [-0.15, -0.1) is 9.82 Å². The van der Waals surface area contributed by atoms with Gasteiger partial charge in [0.05, 0.1) is 23.5 Å². The van der Waals surface area contributed by atoms with Crippen molar-refractivity contribution in [3.05, 3.63) is 36.0 Å². The van der Waals surface area contributed by atoms with Gasteiger partial charge in [0.2, 0.25) is 0 Å². The summed E-state index contributed by atoms with van der Waals surface area (Å²) in [6, 6.07) is 7.31. The van der Waals surface area contributed by atoms with Gasteiger partial charge < -0.3 is 21.3 Å². The number of nitrogens with one attached hydrogen (secondary N) is 3. The SMILES string of the molecule is CN(SON)c1c([S+]([O-])NCC2CCCN2)ccc(-c2ccc(N)nc2)c1/C(N)=N/NN.S.